The zero-order valence-electron chi connectivity index (χ0n) is 9.86. The number of carboxylic acids is 1. The minimum Gasteiger partial charge on any atom is -0.481 e. The number of nitrogens with zero attached hydrogens (tertiary/aromatic N) is 1. The molecule has 4 heteroatoms. The summed E-state index contributed by atoms with van der Waals surface area (Å²) in [5.41, 5.74) is 0. The first kappa shape index (κ1) is 12.5. The van der Waals surface area contributed by atoms with Gasteiger partial charge in [-0.05, 0) is 12.8 Å². The molecule has 1 aliphatic rings. The van der Waals surface area contributed by atoms with Crippen LogP contribution in [0.4, 0.5) is 0 Å². The number of carbonyl (C=O) groups is 1. The SMILES string of the molecule is CC(C)CN1CC(CC(=O)O)NCC1C. The maximum Gasteiger partial charge on any atom is 0.304 e. The summed E-state index contributed by atoms with van der Waals surface area (Å²) in [6, 6.07) is 0.620. The Morgan fingerprint density at radius 2 is 2.27 bits per heavy atom. The number of aliphatic carboxylic acids is 1. The van der Waals surface area contributed by atoms with Crippen LogP contribution in [-0.4, -0.2) is 47.7 Å². The molecule has 0 amide bonds. The number of carboxylic acid groups (broad SMARTS) is 1. The highest BCUT2D eigenvalue weighted by Crippen LogP contribution is 2.11. The third-order valence-corrected chi connectivity index (χ3v) is 2.80. The monoisotopic (exact) mass is 214 g/mol. The molecule has 1 fully saturated rings. The highest BCUT2D eigenvalue weighted by Gasteiger charge is 2.26. The molecule has 0 aromatic heterocycles. The van der Waals surface area contributed by atoms with Crippen LogP contribution in [0.2, 0.25) is 0 Å². The summed E-state index contributed by atoms with van der Waals surface area (Å²) in [6.07, 6.45) is 0.224. The normalized spacial score (nSPS) is 28.3. The molecular formula is C11H22N2O2. The lowest BCUT2D eigenvalue weighted by Crippen LogP contribution is -2.56. The van der Waals surface area contributed by atoms with Crippen molar-refractivity contribution < 1.29 is 9.90 Å². The Morgan fingerprint density at radius 1 is 1.60 bits per heavy atom. The van der Waals surface area contributed by atoms with E-state index in [4.69, 9.17) is 5.11 Å². The summed E-state index contributed by atoms with van der Waals surface area (Å²) in [4.78, 5) is 13.0. The molecule has 15 heavy (non-hydrogen) atoms. The average Bonchev–Trinajstić information content (AvgIpc) is 2.09. The van der Waals surface area contributed by atoms with Crippen LogP contribution in [0.15, 0.2) is 0 Å². The zero-order chi connectivity index (χ0) is 11.4. The maximum absolute atomic E-state index is 10.6. The number of rotatable bonds is 4. The molecule has 2 N–H and O–H groups in total. The van der Waals surface area contributed by atoms with E-state index in [1.54, 1.807) is 0 Å². The van der Waals surface area contributed by atoms with E-state index < -0.39 is 5.97 Å². The van der Waals surface area contributed by atoms with Crippen LogP contribution in [0.1, 0.15) is 27.2 Å². The Morgan fingerprint density at radius 3 is 2.80 bits per heavy atom. The third kappa shape index (κ3) is 4.18. The highest BCUT2D eigenvalue weighted by molar-refractivity contribution is 5.67. The molecule has 2 atom stereocenters. The molecule has 0 saturated carbocycles. The molecule has 88 valence electrons. The van der Waals surface area contributed by atoms with Gasteiger partial charge in [-0.25, -0.2) is 0 Å². The molecule has 1 rings (SSSR count). The Bertz CT molecular complexity index is 219. The average molecular weight is 214 g/mol. The molecule has 0 bridgehead atoms. The van der Waals surface area contributed by atoms with E-state index >= 15 is 0 Å². The van der Waals surface area contributed by atoms with E-state index in [9.17, 15) is 4.79 Å². The maximum atomic E-state index is 10.6. The van der Waals surface area contributed by atoms with Gasteiger partial charge in [-0.1, -0.05) is 13.8 Å². The molecule has 0 aromatic rings. The first-order valence-corrected chi connectivity index (χ1v) is 5.68. The molecule has 2 unspecified atom stereocenters. The Labute approximate surface area is 91.6 Å². The van der Waals surface area contributed by atoms with Crippen molar-refractivity contribution in [2.24, 2.45) is 5.92 Å². The topological polar surface area (TPSA) is 52.6 Å². The predicted molar refractivity (Wildman–Crippen MR) is 59.9 cm³/mol. The second-order valence-electron chi connectivity index (χ2n) is 4.90. The van der Waals surface area contributed by atoms with Gasteiger partial charge in [0.05, 0.1) is 6.42 Å². The van der Waals surface area contributed by atoms with Crippen molar-refractivity contribution in [3.63, 3.8) is 0 Å². The third-order valence-electron chi connectivity index (χ3n) is 2.80. The summed E-state index contributed by atoms with van der Waals surface area (Å²) in [5, 5.41) is 12.0. The highest BCUT2D eigenvalue weighted by atomic mass is 16.4. The predicted octanol–water partition coefficient (Wildman–Crippen LogP) is 0.779. The second kappa shape index (κ2) is 5.47. The van der Waals surface area contributed by atoms with Crippen LogP contribution in [0, 0.1) is 5.92 Å². The van der Waals surface area contributed by atoms with E-state index in [2.05, 4.69) is 31.0 Å². The van der Waals surface area contributed by atoms with Crippen molar-refractivity contribution in [3.05, 3.63) is 0 Å². The van der Waals surface area contributed by atoms with Gasteiger partial charge < -0.3 is 10.4 Å². The van der Waals surface area contributed by atoms with Crippen molar-refractivity contribution >= 4 is 5.97 Å². The fourth-order valence-corrected chi connectivity index (χ4v) is 2.06. The first-order chi connectivity index (χ1) is 6.99. The van der Waals surface area contributed by atoms with Crippen molar-refractivity contribution in [1.82, 2.24) is 10.2 Å². The smallest absolute Gasteiger partial charge is 0.304 e. The van der Waals surface area contributed by atoms with Crippen molar-refractivity contribution in [2.75, 3.05) is 19.6 Å². The van der Waals surface area contributed by atoms with Crippen LogP contribution < -0.4 is 5.32 Å². The van der Waals surface area contributed by atoms with Crippen LogP contribution in [0.25, 0.3) is 0 Å². The fraction of sp³-hybridized carbons (Fsp3) is 0.909. The number of hydrogen-bond donors (Lipinski definition) is 2. The minimum absolute atomic E-state index is 0.109. The van der Waals surface area contributed by atoms with Gasteiger partial charge in [-0.3, -0.25) is 9.69 Å². The molecule has 1 aliphatic heterocycles. The van der Waals surface area contributed by atoms with Gasteiger partial charge >= 0.3 is 5.97 Å². The van der Waals surface area contributed by atoms with Crippen LogP contribution in [-0.2, 0) is 4.79 Å². The summed E-state index contributed by atoms with van der Waals surface area (Å²) < 4.78 is 0. The molecule has 0 aromatic carbocycles. The number of piperazine rings is 1. The van der Waals surface area contributed by atoms with Crippen molar-refractivity contribution in [2.45, 2.75) is 39.3 Å². The Hall–Kier alpha value is -0.610. The van der Waals surface area contributed by atoms with Gasteiger partial charge in [-0.15, -0.1) is 0 Å². The van der Waals surface area contributed by atoms with E-state index in [1.807, 2.05) is 0 Å². The second-order valence-corrected chi connectivity index (χ2v) is 4.90. The molecule has 0 radical (unpaired) electrons. The van der Waals surface area contributed by atoms with Crippen molar-refractivity contribution in [1.29, 1.82) is 0 Å². The fourth-order valence-electron chi connectivity index (χ4n) is 2.06. The molecule has 4 nitrogen and oxygen atoms in total. The Balaban J connectivity index is 2.44. The zero-order valence-corrected chi connectivity index (χ0v) is 9.86. The number of hydrogen-bond acceptors (Lipinski definition) is 3. The molecule has 1 saturated heterocycles. The van der Waals surface area contributed by atoms with Crippen LogP contribution in [0.5, 0.6) is 0 Å². The largest absolute Gasteiger partial charge is 0.481 e. The standard InChI is InChI=1S/C11H22N2O2/c1-8(2)6-13-7-10(4-11(14)15)12-5-9(13)3/h8-10,12H,4-7H2,1-3H3,(H,14,15). The lowest BCUT2D eigenvalue weighted by Gasteiger charge is -2.39. The quantitative estimate of drug-likeness (QED) is 0.726. The lowest BCUT2D eigenvalue weighted by atomic mass is 10.1. The van der Waals surface area contributed by atoms with Gasteiger partial charge in [0.15, 0.2) is 0 Å². The van der Waals surface area contributed by atoms with E-state index in [0.29, 0.717) is 12.0 Å². The first-order valence-electron chi connectivity index (χ1n) is 5.68. The summed E-state index contributed by atoms with van der Waals surface area (Å²) in [6.45, 7) is 9.38. The summed E-state index contributed by atoms with van der Waals surface area (Å²) >= 11 is 0. The van der Waals surface area contributed by atoms with E-state index in [1.165, 1.54) is 0 Å². The van der Waals surface area contributed by atoms with E-state index in [0.717, 1.165) is 19.6 Å². The summed E-state index contributed by atoms with van der Waals surface area (Å²) in [7, 11) is 0. The van der Waals surface area contributed by atoms with E-state index in [-0.39, 0.29) is 12.5 Å². The number of nitrogens with one attached hydrogen (secondary N) is 1. The summed E-state index contributed by atoms with van der Waals surface area (Å²) in [5.74, 6) is -0.0809. The molecule has 0 spiro atoms. The van der Waals surface area contributed by atoms with Gasteiger partial charge in [0, 0.05) is 31.7 Å². The molecule has 0 aliphatic carbocycles. The van der Waals surface area contributed by atoms with Crippen molar-refractivity contribution in [3.8, 4) is 0 Å². The van der Waals surface area contributed by atoms with Crippen LogP contribution in [0.3, 0.4) is 0 Å². The van der Waals surface area contributed by atoms with Gasteiger partial charge in [0.1, 0.15) is 0 Å². The lowest BCUT2D eigenvalue weighted by molar-refractivity contribution is -0.138. The molecule has 1 heterocycles. The molecular weight excluding hydrogens is 192 g/mol. The van der Waals surface area contributed by atoms with Gasteiger partial charge in [0.25, 0.3) is 0 Å². The minimum atomic E-state index is -0.716. The van der Waals surface area contributed by atoms with Gasteiger partial charge in [-0.2, -0.15) is 0 Å². The Kier molecular flexibility index (Phi) is 4.54. The van der Waals surface area contributed by atoms with Crippen LogP contribution >= 0.6 is 0 Å². The van der Waals surface area contributed by atoms with Gasteiger partial charge in [0.2, 0.25) is 0 Å².